The molecule has 4 saturated carbocycles. The molecule has 12 heteroatoms. The molecule has 0 aromatic carbocycles. The maximum absolute atomic E-state index is 13.6. The number of hydrogen-bond donors (Lipinski definition) is 3. The average molecular weight is 516 g/mol. The summed E-state index contributed by atoms with van der Waals surface area (Å²) in [5, 5.41) is 11.9. The molecular formula is C24H33N7O4S. The van der Waals surface area contributed by atoms with E-state index in [1.807, 2.05) is 0 Å². The third-order valence-electron chi connectivity index (χ3n) is 7.91. The molecule has 6 rings (SSSR count). The van der Waals surface area contributed by atoms with Crippen LogP contribution >= 0.6 is 0 Å². The number of carbonyl (C=O) groups is 2. The number of hydrogen-bond acceptors (Lipinski definition) is 6. The lowest BCUT2D eigenvalue weighted by Gasteiger charge is -2.58. The van der Waals surface area contributed by atoms with Gasteiger partial charge in [0.1, 0.15) is 5.56 Å². The lowest BCUT2D eigenvalue weighted by Crippen LogP contribution is -2.62. The Morgan fingerprint density at radius 1 is 1.19 bits per heavy atom. The van der Waals surface area contributed by atoms with Crippen LogP contribution in [0.1, 0.15) is 56.3 Å². The molecule has 194 valence electrons. The van der Waals surface area contributed by atoms with Crippen molar-refractivity contribution in [1.82, 2.24) is 29.6 Å². The third-order valence-corrected chi connectivity index (χ3v) is 8.81. The Kier molecular flexibility index (Phi) is 5.86. The SMILES string of the molecule is CC(C)(/C=C/n1ncc(C(=O)NC2C3CC4CC2CC(C(N)=O)(C4)C3)c1-n1cccn1)NS(C)(=O)=O. The van der Waals surface area contributed by atoms with Gasteiger partial charge in [-0.15, -0.1) is 0 Å². The topological polar surface area (TPSA) is 154 Å². The molecule has 4 bridgehead atoms. The largest absolute Gasteiger partial charge is 0.369 e. The molecular weight excluding hydrogens is 482 g/mol. The van der Waals surface area contributed by atoms with Crippen molar-refractivity contribution in [3.63, 3.8) is 0 Å². The minimum atomic E-state index is -3.42. The Hall–Kier alpha value is -2.99. The van der Waals surface area contributed by atoms with E-state index in [1.165, 1.54) is 10.9 Å². The van der Waals surface area contributed by atoms with Crippen molar-refractivity contribution >= 4 is 28.0 Å². The van der Waals surface area contributed by atoms with Gasteiger partial charge in [0.25, 0.3) is 5.91 Å². The molecule has 0 aliphatic heterocycles. The number of primary amides is 1. The predicted octanol–water partition coefficient (Wildman–Crippen LogP) is 1.28. The van der Waals surface area contributed by atoms with Crippen LogP contribution in [0.2, 0.25) is 0 Å². The van der Waals surface area contributed by atoms with E-state index in [2.05, 4.69) is 20.2 Å². The van der Waals surface area contributed by atoms with Crippen LogP contribution < -0.4 is 15.8 Å². The molecule has 4 fully saturated rings. The van der Waals surface area contributed by atoms with Gasteiger partial charge in [0.2, 0.25) is 15.9 Å². The summed E-state index contributed by atoms with van der Waals surface area (Å²) in [5.41, 5.74) is 4.87. The van der Waals surface area contributed by atoms with Gasteiger partial charge in [0.05, 0.1) is 12.5 Å². The molecule has 0 spiro atoms. The third kappa shape index (κ3) is 4.59. The Balaban J connectivity index is 1.40. The molecule has 2 heterocycles. The molecule has 2 aromatic rings. The number of amides is 2. The second-order valence-electron chi connectivity index (χ2n) is 11.3. The number of rotatable bonds is 8. The summed E-state index contributed by atoms with van der Waals surface area (Å²) in [7, 11) is -3.42. The molecule has 11 nitrogen and oxygen atoms in total. The standard InChI is InChI=1S/C24H33N7O4S/c1-23(2,29-36(3,34)35)5-8-31-21(30-7-4-6-26-30)18(14-27-31)20(32)28-19-16-9-15-10-17(19)13-24(11-15,12-16)22(25)33/h4-8,14-17,19,29H,9-13H2,1-3H3,(H2,25,33)(H,28,32)/b8-5+. The number of nitrogens with zero attached hydrogens (tertiary/aromatic N) is 4. The number of carbonyl (C=O) groups excluding carboxylic acids is 2. The zero-order chi connectivity index (χ0) is 25.9. The van der Waals surface area contributed by atoms with Gasteiger partial charge < -0.3 is 11.1 Å². The number of sulfonamides is 1. The van der Waals surface area contributed by atoms with Crippen molar-refractivity contribution in [2.75, 3.05) is 6.26 Å². The monoisotopic (exact) mass is 515 g/mol. The van der Waals surface area contributed by atoms with Crippen molar-refractivity contribution in [3.05, 3.63) is 36.3 Å². The van der Waals surface area contributed by atoms with Gasteiger partial charge in [-0.25, -0.2) is 22.5 Å². The zero-order valence-electron chi connectivity index (χ0n) is 20.7. The minimum Gasteiger partial charge on any atom is -0.369 e. The molecule has 4 N–H and O–H groups in total. The zero-order valence-corrected chi connectivity index (χ0v) is 21.5. The summed E-state index contributed by atoms with van der Waals surface area (Å²) in [6.07, 6.45) is 13.6. The van der Waals surface area contributed by atoms with Crippen LogP contribution in [-0.4, -0.2) is 57.6 Å². The molecule has 2 aromatic heterocycles. The summed E-state index contributed by atoms with van der Waals surface area (Å²) in [4.78, 5) is 25.8. The quantitative estimate of drug-likeness (QED) is 0.481. The Labute approximate surface area is 210 Å². The molecule has 2 unspecified atom stereocenters. The van der Waals surface area contributed by atoms with E-state index in [0.717, 1.165) is 38.4 Å². The fourth-order valence-corrected chi connectivity index (χ4v) is 7.83. The van der Waals surface area contributed by atoms with Gasteiger partial charge in [-0.05, 0) is 75.8 Å². The highest BCUT2D eigenvalue weighted by atomic mass is 32.2. The van der Waals surface area contributed by atoms with Crippen molar-refractivity contribution in [2.24, 2.45) is 28.9 Å². The fourth-order valence-electron chi connectivity index (χ4n) is 6.81. The first-order valence-electron chi connectivity index (χ1n) is 12.2. The van der Waals surface area contributed by atoms with Gasteiger partial charge in [-0.3, -0.25) is 9.59 Å². The van der Waals surface area contributed by atoms with Crippen molar-refractivity contribution in [1.29, 1.82) is 0 Å². The number of aromatic nitrogens is 4. The van der Waals surface area contributed by atoms with E-state index < -0.39 is 21.0 Å². The van der Waals surface area contributed by atoms with Crippen LogP contribution in [-0.2, 0) is 14.8 Å². The number of nitrogens with two attached hydrogens (primary N) is 1. The first kappa shape index (κ1) is 24.7. The normalized spacial score (nSPS) is 29.6. The van der Waals surface area contributed by atoms with Crippen LogP contribution in [0.15, 0.2) is 30.7 Å². The predicted molar refractivity (Wildman–Crippen MR) is 133 cm³/mol. The molecule has 0 saturated heterocycles. The fraction of sp³-hybridized carbons (Fsp3) is 0.583. The summed E-state index contributed by atoms with van der Waals surface area (Å²) < 4.78 is 29.0. The van der Waals surface area contributed by atoms with Crippen LogP contribution in [0.5, 0.6) is 0 Å². The molecule has 4 aliphatic carbocycles. The highest BCUT2D eigenvalue weighted by Gasteiger charge is 2.58. The summed E-state index contributed by atoms with van der Waals surface area (Å²) >= 11 is 0. The molecule has 0 radical (unpaired) electrons. The minimum absolute atomic E-state index is 0.0104. The van der Waals surface area contributed by atoms with Gasteiger partial charge in [-0.1, -0.05) is 0 Å². The Morgan fingerprint density at radius 3 is 2.47 bits per heavy atom. The first-order valence-corrected chi connectivity index (χ1v) is 14.1. The average Bonchev–Trinajstić information content (AvgIpc) is 3.42. The summed E-state index contributed by atoms with van der Waals surface area (Å²) in [5.74, 6) is 0.964. The van der Waals surface area contributed by atoms with Crippen molar-refractivity contribution in [3.8, 4) is 5.82 Å². The number of nitrogens with one attached hydrogen (secondary N) is 2. The summed E-state index contributed by atoms with van der Waals surface area (Å²) in [6, 6.07) is 1.74. The van der Waals surface area contributed by atoms with Gasteiger partial charge in [0.15, 0.2) is 5.82 Å². The molecule has 2 atom stereocenters. The van der Waals surface area contributed by atoms with E-state index in [1.54, 1.807) is 49.3 Å². The lowest BCUT2D eigenvalue weighted by molar-refractivity contribution is -0.145. The van der Waals surface area contributed by atoms with E-state index in [9.17, 15) is 18.0 Å². The molecule has 2 amide bonds. The van der Waals surface area contributed by atoms with Gasteiger partial charge >= 0.3 is 0 Å². The van der Waals surface area contributed by atoms with Crippen LogP contribution in [0.4, 0.5) is 0 Å². The Morgan fingerprint density at radius 2 is 1.89 bits per heavy atom. The van der Waals surface area contributed by atoms with Gasteiger partial charge in [-0.2, -0.15) is 10.2 Å². The molecule has 4 aliphatic rings. The highest BCUT2D eigenvalue weighted by molar-refractivity contribution is 7.88. The summed E-state index contributed by atoms with van der Waals surface area (Å²) in [6.45, 7) is 3.45. The van der Waals surface area contributed by atoms with E-state index in [-0.39, 0.29) is 29.7 Å². The second-order valence-corrected chi connectivity index (χ2v) is 13.1. The Bertz CT molecular complexity index is 1300. The van der Waals surface area contributed by atoms with E-state index in [4.69, 9.17) is 5.73 Å². The molecule has 36 heavy (non-hydrogen) atoms. The van der Waals surface area contributed by atoms with E-state index >= 15 is 0 Å². The van der Waals surface area contributed by atoms with Crippen molar-refractivity contribution < 1.29 is 18.0 Å². The smallest absolute Gasteiger partial charge is 0.257 e. The lowest BCUT2D eigenvalue weighted by atomic mass is 9.47. The maximum Gasteiger partial charge on any atom is 0.257 e. The van der Waals surface area contributed by atoms with Crippen LogP contribution in [0, 0.1) is 23.2 Å². The van der Waals surface area contributed by atoms with Gasteiger partial charge in [0, 0.05) is 35.6 Å². The van der Waals surface area contributed by atoms with Crippen LogP contribution in [0.25, 0.3) is 12.0 Å². The van der Waals surface area contributed by atoms with Crippen molar-refractivity contribution in [2.45, 2.75) is 57.5 Å². The second kappa shape index (κ2) is 8.55. The van der Waals surface area contributed by atoms with Crippen LogP contribution in [0.3, 0.4) is 0 Å². The first-order chi connectivity index (χ1) is 16.9. The highest BCUT2D eigenvalue weighted by Crippen LogP contribution is 2.59. The van der Waals surface area contributed by atoms with E-state index in [0.29, 0.717) is 17.3 Å². The maximum atomic E-state index is 13.6.